The summed E-state index contributed by atoms with van der Waals surface area (Å²) in [5.74, 6) is 1.01. The van der Waals surface area contributed by atoms with Crippen LogP contribution in [0.4, 0.5) is 0 Å². The molecule has 1 saturated heterocycles. The number of hydrogen-bond acceptors (Lipinski definition) is 5. The second kappa shape index (κ2) is 6.33. The summed E-state index contributed by atoms with van der Waals surface area (Å²) >= 11 is 0. The van der Waals surface area contributed by atoms with Crippen LogP contribution in [-0.2, 0) is 19.9 Å². The molecule has 1 heterocycles. The van der Waals surface area contributed by atoms with Gasteiger partial charge in [-0.25, -0.2) is 21.6 Å². The minimum Gasteiger partial charge on any atom is -0.497 e. The van der Waals surface area contributed by atoms with Crippen molar-refractivity contribution in [1.29, 1.82) is 0 Å². The largest absolute Gasteiger partial charge is 0.497 e. The molecule has 1 aromatic rings. The van der Waals surface area contributed by atoms with Gasteiger partial charge in [0.1, 0.15) is 5.75 Å². The molecule has 1 fully saturated rings. The first-order chi connectivity index (χ1) is 9.82. The van der Waals surface area contributed by atoms with Crippen molar-refractivity contribution >= 4 is 19.9 Å². The number of benzene rings is 1. The van der Waals surface area contributed by atoms with Crippen LogP contribution in [0, 0.1) is 5.92 Å². The summed E-state index contributed by atoms with van der Waals surface area (Å²) in [5, 5.41) is 0. The Morgan fingerprint density at radius 2 is 1.95 bits per heavy atom. The lowest BCUT2D eigenvalue weighted by Gasteiger charge is -2.10. The van der Waals surface area contributed by atoms with E-state index in [1.807, 2.05) is 0 Å². The Labute approximate surface area is 125 Å². The molecule has 1 aliphatic heterocycles. The monoisotopic (exact) mass is 333 g/mol. The van der Waals surface area contributed by atoms with E-state index in [1.54, 1.807) is 12.1 Å². The number of hydrogen-bond donors (Lipinski definition) is 1. The first-order valence-electron chi connectivity index (χ1n) is 6.66. The third-order valence-electron chi connectivity index (χ3n) is 3.54. The molecule has 1 unspecified atom stereocenters. The molecule has 118 valence electrons. The van der Waals surface area contributed by atoms with Crippen molar-refractivity contribution in [3.8, 4) is 5.75 Å². The van der Waals surface area contributed by atoms with Crippen molar-refractivity contribution in [2.75, 3.05) is 25.2 Å². The average molecular weight is 333 g/mol. The molecule has 0 aliphatic carbocycles. The van der Waals surface area contributed by atoms with E-state index in [9.17, 15) is 16.8 Å². The van der Waals surface area contributed by atoms with Crippen molar-refractivity contribution in [3.63, 3.8) is 0 Å². The summed E-state index contributed by atoms with van der Waals surface area (Å²) in [6.45, 7) is 0.245. The summed E-state index contributed by atoms with van der Waals surface area (Å²) in [6, 6.07) is 6.11. The number of methoxy groups -OCH3 is 1. The summed E-state index contributed by atoms with van der Waals surface area (Å²) < 4.78 is 54.3. The van der Waals surface area contributed by atoms with Gasteiger partial charge in [-0.15, -0.1) is 0 Å². The van der Waals surface area contributed by atoms with Crippen LogP contribution in [-0.4, -0.2) is 42.0 Å². The maximum Gasteiger partial charge on any atom is 0.240 e. The van der Waals surface area contributed by atoms with E-state index in [0.29, 0.717) is 18.6 Å². The average Bonchev–Trinajstić information content (AvgIpc) is 2.78. The molecular weight excluding hydrogens is 314 g/mol. The van der Waals surface area contributed by atoms with Crippen molar-refractivity contribution in [2.45, 2.75) is 17.7 Å². The topological polar surface area (TPSA) is 89.5 Å². The van der Waals surface area contributed by atoms with Gasteiger partial charge in [0.25, 0.3) is 0 Å². The Hall–Kier alpha value is -1.12. The van der Waals surface area contributed by atoms with Gasteiger partial charge in [-0.05, 0) is 43.0 Å². The van der Waals surface area contributed by atoms with Gasteiger partial charge in [0, 0.05) is 6.54 Å². The van der Waals surface area contributed by atoms with E-state index in [2.05, 4.69) is 4.72 Å². The minimum absolute atomic E-state index is 0.0496. The van der Waals surface area contributed by atoms with E-state index in [4.69, 9.17) is 4.74 Å². The number of ether oxygens (including phenoxy) is 1. The fourth-order valence-corrected chi connectivity index (χ4v) is 5.29. The molecule has 0 radical (unpaired) electrons. The SMILES string of the molecule is COc1ccc(S(=O)(=O)NCCC2CCS(=O)(=O)C2)cc1. The van der Waals surface area contributed by atoms with Crippen LogP contribution in [0.25, 0.3) is 0 Å². The molecule has 0 bridgehead atoms. The van der Waals surface area contributed by atoms with Crippen molar-refractivity contribution < 1.29 is 21.6 Å². The highest BCUT2D eigenvalue weighted by Crippen LogP contribution is 2.21. The van der Waals surface area contributed by atoms with E-state index in [1.165, 1.54) is 19.2 Å². The predicted molar refractivity (Wildman–Crippen MR) is 79.6 cm³/mol. The Balaban J connectivity index is 1.89. The minimum atomic E-state index is -3.56. The number of rotatable bonds is 6. The Morgan fingerprint density at radius 1 is 1.29 bits per heavy atom. The zero-order valence-electron chi connectivity index (χ0n) is 11.8. The normalized spacial score (nSPS) is 21.3. The molecule has 2 rings (SSSR count). The smallest absolute Gasteiger partial charge is 0.240 e. The zero-order valence-corrected chi connectivity index (χ0v) is 13.4. The van der Waals surface area contributed by atoms with Gasteiger partial charge < -0.3 is 4.74 Å². The van der Waals surface area contributed by atoms with E-state index < -0.39 is 19.9 Å². The van der Waals surface area contributed by atoms with Crippen LogP contribution < -0.4 is 9.46 Å². The standard InChI is InChI=1S/C13H19NO5S2/c1-19-12-2-4-13(5-3-12)21(17,18)14-8-6-11-7-9-20(15,16)10-11/h2-5,11,14H,6-10H2,1H3. The lowest BCUT2D eigenvalue weighted by atomic mass is 10.1. The second-order valence-electron chi connectivity index (χ2n) is 5.13. The molecule has 1 atom stereocenters. The second-order valence-corrected chi connectivity index (χ2v) is 9.13. The van der Waals surface area contributed by atoms with Gasteiger partial charge in [0.2, 0.25) is 10.0 Å². The van der Waals surface area contributed by atoms with E-state index >= 15 is 0 Å². The van der Waals surface area contributed by atoms with Crippen LogP contribution >= 0.6 is 0 Å². The summed E-state index contributed by atoms with van der Waals surface area (Å²) in [6.07, 6.45) is 1.15. The molecular formula is C13H19NO5S2. The predicted octanol–water partition coefficient (Wildman–Crippen LogP) is 0.798. The van der Waals surface area contributed by atoms with Gasteiger partial charge >= 0.3 is 0 Å². The Kier molecular flexibility index (Phi) is 4.90. The quantitative estimate of drug-likeness (QED) is 0.831. The molecule has 0 spiro atoms. The summed E-state index contributed by atoms with van der Waals surface area (Å²) in [7, 11) is -4.96. The maximum atomic E-state index is 12.1. The lowest BCUT2D eigenvalue weighted by molar-refractivity contribution is 0.414. The highest BCUT2D eigenvalue weighted by Gasteiger charge is 2.27. The third kappa shape index (κ3) is 4.42. The lowest BCUT2D eigenvalue weighted by Crippen LogP contribution is -2.26. The van der Waals surface area contributed by atoms with Crippen molar-refractivity contribution in [2.24, 2.45) is 5.92 Å². The van der Waals surface area contributed by atoms with Crippen LogP contribution in [0.3, 0.4) is 0 Å². The number of sulfone groups is 1. The maximum absolute atomic E-state index is 12.1. The van der Waals surface area contributed by atoms with Crippen LogP contribution in [0.5, 0.6) is 5.75 Å². The van der Waals surface area contributed by atoms with Crippen molar-refractivity contribution in [1.82, 2.24) is 4.72 Å². The highest BCUT2D eigenvalue weighted by molar-refractivity contribution is 7.91. The molecule has 1 N–H and O–H groups in total. The zero-order chi connectivity index (χ0) is 15.5. The summed E-state index contributed by atoms with van der Waals surface area (Å²) in [5.41, 5.74) is 0. The summed E-state index contributed by atoms with van der Waals surface area (Å²) in [4.78, 5) is 0.169. The van der Waals surface area contributed by atoms with Gasteiger partial charge in [-0.3, -0.25) is 0 Å². The van der Waals surface area contributed by atoms with E-state index in [0.717, 1.165) is 0 Å². The fourth-order valence-electron chi connectivity index (χ4n) is 2.34. The highest BCUT2D eigenvalue weighted by atomic mass is 32.2. The van der Waals surface area contributed by atoms with Gasteiger partial charge in [0.15, 0.2) is 9.84 Å². The van der Waals surface area contributed by atoms with Crippen LogP contribution in [0.2, 0.25) is 0 Å². The van der Waals surface area contributed by atoms with Gasteiger partial charge in [-0.1, -0.05) is 0 Å². The Bertz CT molecular complexity index is 680. The third-order valence-corrected chi connectivity index (χ3v) is 6.86. The molecule has 8 heteroatoms. The first-order valence-corrected chi connectivity index (χ1v) is 9.97. The van der Waals surface area contributed by atoms with Crippen molar-refractivity contribution in [3.05, 3.63) is 24.3 Å². The molecule has 0 aromatic heterocycles. The molecule has 1 aromatic carbocycles. The molecule has 0 saturated carbocycles. The molecule has 0 amide bonds. The molecule has 6 nitrogen and oxygen atoms in total. The number of nitrogens with one attached hydrogen (secondary N) is 1. The molecule has 21 heavy (non-hydrogen) atoms. The van der Waals surface area contributed by atoms with Crippen LogP contribution in [0.1, 0.15) is 12.8 Å². The van der Waals surface area contributed by atoms with Crippen LogP contribution in [0.15, 0.2) is 29.2 Å². The fraction of sp³-hybridized carbons (Fsp3) is 0.538. The van der Waals surface area contributed by atoms with Gasteiger partial charge in [-0.2, -0.15) is 0 Å². The van der Waals surface area contributed by atoms with E-state index in [-0.39, 0.29) is 28.9 Å². The van der Waals surface area contributed by atoms with Gasteiger partial charge in [0.05, 0.1) is 23.5 Å². The number of sulfonamides is 1. The first kappa shape index (κ1) is 16.3. The molecule has 1 aliphatic rings. The Morgan fingerprint density at radius 3 is 2.48 bits per heavy atom.